The maximum atomic E-state index is 13.2. The Bertz CT molecular complexity index is 1360. The van der Waals surface area contributed by atoms with Crippen LogP contribution in [0.25, 0.3) is 6.08 Å². The molecule has 0 atom stereocenters. The lowest BCUT2D eigenvalue weighted by Crippen LogP contribution is -2.27. The second-order valence-corrected chi connectivity index (χ2v) is 9.80. The number of carbonyl (C=O) groups excluding carboxylic acids is 2. The third-order valence-electron chi connectivity index (χ3n) is 5.02. The molecule has 10 heteroatoms. The van der Waals surface area contributed by atoms with Gasteiger partial charge in [0.15, 0.2) is 15.8 Å². The first-order valence-electron chi connectivity index (χ1n) is 10.2. The van der Waals surface area contributed by atoms with Crippen molar-refractivity contribution >= 4 is 73.5 Å². The summed E-state index contributed by atoms with van der Waals surface area (Å²) in [6.07, 6.45) is 1.72. The molecule has 1 aliphatic heterocycles. The summed E-state index contributed by atoms with van der Waals surface area (Å²) in [5.41, 5.74) is 1.98. The Labute approximate surface area is 219 Å². The number of hydrogen-bond acceptors (Lipinski definition) is 6. The van der Waals surface area contributed by atoms with E-state index in [0.29, 0.717) is 42.1 Å². The molecule has 2 amide bonds. The molecule has 1 aliphatic rings. The number of anilines is 2. The van der Waals surface area contributed by atoms with Gasteiger partial charge in [-0.3, -0.25) is 14.5 Å². The average Bonchev–Trinajstić information content (AvgIpc) is 3.12. The van der Waals surface area contributed by atoms with Crippen molar-refractivity contribution in [2.45, 2.75) is 0 Å². The van der Waals surface area contributed by atoms with E-state index in [1.165, 1.54) is 36.3 Å². The number of rotatable bonds is 6. The number of nitrogens with zero attached hydrogens (tertiary/aromatic N) is 1. The second kappa shape index (κ2) is 10.6. The predicted octanol–water partition coefficient (Wildman–Crippen LogP) is 6.26. The van der Waals surface area contributed by atoms with E-state index in [1.807, 2.05) is 6.07 Å². The van der Waals surface area contributed by atoms with Crippen molar-refractivity contribution in [3.05, 3.63) is 87.0 Å². The fourth-order valence-electron chi connectivity index (χ4n) is 3.39. The monoisotopic (exact) mass is 572 g/mol. The van der Waals surface area contributed by atoms with Gasteiger partial charge in [-0.15, -0.1) is 0 Å². The van der Waals surface area contributed by atoms with Crippen molar-refractivity contribution in [2.75, 3.05) is 24.4 Å². The first-order valence-corrected chi connectivity index (χ1v) is 12.2. The molecule has 1 heterocycles. The number of thioether (sulfide) groups is 1. The molecule has 0 unspecified atom stereocenters. The normalized spacial score (nSPS) is 14.4. The largest absolute Gasteiger partial charge is 0.493 e. The van der Waals surface area contributed by atoms with Crippen LogP contribution in [0.2, 0.25) is 0 Å². The van der Waals surface area contributed by atoms with Gasteiger partial charge in [0.25, 0.3) is 11.8 Å². The van der Waals surface area contributed by atoms with Gasteiger partial charge in [-0.1, -0.05) is 30.0 Å². The van der Waals surface area contributed by atoms with Crippen LogP contribution in [0, 0.1) is 5.82 Å². The van der Waals surface area contributed by atoms with Crippen molar-refractivity contribution in [1.29, 1.82) is 0 Å². The number of ether oxygens (including phenoxy) is 2. The smallest absolute Gasteiger partial charge is 0.270 e. The van der Waals surface area contributed by atoms with Gasteiger partial charge in [0.05, 0.1) is 29.3 Å². The molecule has 1 fully saturated rings. The Balaban J connectivity index is 1.58. The number of carbonyl (C=O) groups is 2. The van der Waals surface area contributed by atoms with Gasteiger partial charge >= 0.3 is 0 Å². The minimum Gasteiger partial charge on any atom is -0.493 e. The van der Waals surface area contributed by atoms with E-state index in [2.05, 4.69) is 21.2 Å². The zero-order chi connectivity index (χ0) is 25.1. The third kappa shape index (κ3) is 5.39. The van der Waals surface area contributed by atoms with Gasteiger partial charge in [0.1, 0.15) is 5.82 Å². The van der Waals surface area contributed by atoms with E-state index < -0.39 is 11.7 Å². The summed E-state index contributed by atoms with van der Waals surface area (Å²) in [5, 5.41) is 2.71. The predicted molar refractivity (Wildman–Crippen MR) is 144 cm³/mol. The molecule has 0 aliphatic carbocycles. The van der Waals surface area contributed by atoms with Crippen LogP contribution in [0.15, 0.2) is 70.0 Å². The number of amides is 2. The van der Waals surface area contributed by atoms with Crippen molar-refractivity contribution in [2.24, 2.45) is 0 Å². The highest BCUT2D eigenvalue weighted by Crippen LogP contribution is 2.40. The zero-order valence-corrected chi connectivity index (χ0v) is 21.7. The number of methoxy groups -OCH3 is 2. The molecule has 0 saturated carbocycles. The first-order chi connectivity index (χ1) is 16.8. The van der Waals surface area contributed by atoms with Crippen molar-refractivity contribution in [3.63, 3.8) is 0 Å². The Kier molecular flexibility index (Phi) is 7.54. The first kappa shape index (κ1) is 24.9. The van der Waals surface area contributed by atoms with Crippen molar-refractivity contribution < 1.29 is 23.5 Å². The molecule has 1 saturated heterocycles. The zero-order valence-electron chi connectivity index (χ0n) is 18.5. The summed E-state index contributed by atoms with van der Waals surface area (Å²) in [5.74, 6) is -0.0270. The maximum absolute atomic E-state index is 13.2. The molecule has 3 aromatic carbocycles. The van der Waals surface area contributed by atoms with E-state index in [4.69, 9.17) is 21.7 Å². The molecule has 0 aromatic heterocycles. The minimum atomic E-state index is -0.396. The molecule has 0 radical (unpaired) electrons. The highest BCUT2D eigenvalue weighted by atomic mass is 79.9. The van der Waals surface area contributed by atoms with E-state index in [9.17, 15) is 14.0 Å². The molecule has 6 nitrogen and oxygen atoms in total. The van der Waals surface area contributed by atoms with Gasteiger partial charge < -0.3 is 14.8 Å². The van der Waals surface area contributed by atoms with Gasteiger partial charge in [0.2, 0.25) is 0 Å². The van der Waals surface area contributed by atoms with Gasteiger partial charge in [0, 0.05) is 11.3 Å². The Hall–Kier alpha value is -3.21. The summed E-state index contributed by atoms with van der Waals surface area (Å²) in [4.78, 5) is 27.7. The fourth-order valence-corrected chi connectivity index (χ4v) is 5.31. The molecule has 0 bridgehead atoms. The van der Waals surface area contributed by atoms with E-state index in [1.54, 1.807) is 43.5 Å². The number of thiocarbonyl (C=S) groups is 1. The van der Waals surface area contributed by atoms with E-state index in [-0.39, 0.29) is 5.91 Å². The highest BCUT2D eigenvalue weighted by Gasteiger charge is 2.33. The standard InChI is InChI=1S/C25H18BrFN2O4S2/c1-32-20-11-14(10-19(26)22(20)33-2)12-21-24(31)29(25(34)35-21)18-5-3-4-15(13-18)23(30)28-17-8-6-16(27)7-9-17/h3-13H,1-2H3,(H,28,30)/b21-12+. The lowest BCUT2D eigenvalue weighted by atomic mass is 10.1. The Morgan fingerprint density at radius 1 is 1.11 bits per heavy atom. The molecule has 35 heavy (non-hydrogen) atoms. The summed E-state index contributed by atoms with van der Waals surface area (Å²) >= 11 is 10.1. The third-order valence-corrected chi connectivity index (χ3v) is 6.91. The van der Waals surface area contributed by atoms with Crippen LogP contribution < -0.4 is 19.7 Å². The van der Waals surface area contributed by atoms with Crippen LogP contribution in [0.3, 0.4) is 0 Å². The Morgan fingerprint density at radius 3 is 2.54 bits per heavy atom. The quantitative estimate of drug-likeness (QED) is 0.277. The number of halogens is 2. The summed E-state index contributed by atoms with van der Waals surface area (Å²) < 4.78 is 24.9. The number of nitrogens with one attached hydrogen (secondary N) is 1. The average molecular weight is 573 g/mol. The SMILES string of the molecule is COc1cc(/C=C2/SC(=S)N(c3cccc(C(=O)Nc4ccc(F)cc4)c3)C2=O)cc(Br)c1OC. The van der Waals surface area contributed by atoms with Gasteiger partial charge in [-0.05, 0) is 82.2 Å². The molecule has 1 N–H and O–H groups in total. The maximum Gasteiger partial charge on any atom is 0.270 e. The fraction of sp³-hybridized carbons (Fsp3) is 0.0800. The summed E-state index contributed by atoms with van der Waals surface area (Å²) in [6.45, 7) is 0. The summed E-state index contributed by atoms with van der Waals surface area (Å²) in [7, 11) is 3.08. The lowest BCUT2D eigenvalue weighted by Gasteiger charge is -2.15. The molecular weight excluding hydrogens is 555 g/mol. The molecule has 0 spiro atoms. The van der Waals surface area contributed by atoms with Crippen LogP contribution in [-0.4, -0.2) is 30.4 Å². The topological polar surface area (TPSA) is 67.9 Å². The Morgan fingerprint density at radius 2 is 1.86 bits per heavy atom. The van der Waals surface area contributed by atoms with Gasteiger partial charge in [-0.25, -0.2) is 4.39 Å². The minimum absolute atomic E-state index is 0.304. The van der Waals surface area contributed by atoms with E-state index in [0.717, 1.165) is 17.3 Å². The molecule has 4 rings (SSSR count). The molecule has 178 valence electrons. The lowest BCUT2D eigenvalue weighted by molar-refractivity contribution is -0.113. The van der Waals surface area contributed by atoms with Crippen molar-refractivity contribution in [1.82, 2.24) is 0 Å². The van der Waals surface area contributed by atoms with Crippen LogP contribution in [0.4, 0.5) is 15.8 Å². The van der Waals surface area contributed by atoms with Crippen molar-refractivity contribution in [3.8, 4) is 11.5 Å². The van der Waals surface area contributed by atoms with Crippen LogP contribution in [0.1, 0.15) is 15.9 Å². The number of benzene rings is 3. The van der Waals surface area contributed by atoms with Crippen LogP contribution in [-0.2, 0) is 4.79 Å². The summed E-state index contributed by atoms with van der Waals surface area (Å²) in [6, 6.07) is 15.6. The van der Waals surface area contributed by atoms with E-state index >= 15 is 0 Å². The molecule has 3 aromatic rings. The van der Waals surface area contributed by atoms with Gasteiger partial charge in [-0.2, -0.15) is 0 Å². The molecular formula is C25H18BrFN2O4S2. The number of hydrogen-bond donors (Lipinski definition) is 1. The highest BCUT2D eigenvalue weighted by molar-refractivity contribution is 9.10. The van der Waals surface area contributed by atoms with Crippen LogP contribution >= 0.6 is 39.9 Å². The second-order valence-electron chi connectivity index (χ2n) is 7.27. The van der Waals surface area contributed by atoms with Crippen LogP contribution in [0.5, 0.6) is 11.5 Å².